The van der Waals surface area contributed by atoms with E-state index in [-0.39, 0.29) is 0 Å². The van der Waals surface area contributed by atoms with Gasteiger partial charge in [-0.25, -0.2) is 0 Å². The molecule has 0 aromatic carbocycles. The minimum absolute atomic E-state index is 0.300. The molecule has 0 N–H and O–H groups in total. The van der Waals surface area contributed by atoms with Gasteiger partial charge in [-0.1, -0.05) is 5.57 Å². The molecule has 3 heteroatoms. The Morgan fingerprint density at radius 3 is 2.46 bits per heavy atom. The summed E-state index contributed by atoms with van der Waals surface area (Å²) >= 11 is 0. The molecule has 0 amide bonds. The predicted molar refractivity (Wildman–Crippen MR) is 50.3 cm³/mol. The summed E-state index contributed by atoms with van der Waals surface area (Å²) in [5.41, 5.74) is 1.24. The van der Waals surface area contributed by atoms with Crippen molar-refractivity contribution in [2.75, 3.05) is 6.61 Å². The first-order valence-corrected chi connectivity index (χ1v) is 4.46. The number of carbonyl (C=O) groups excluding carboxylic acids is 2. The maximum absolute atomic E-state index is 10.6. The summed E-state index contributed by atoms with van der Waals surface area (Å²) in [7, 11) is 0. The molecule has 0 spiro atoms. The van der Waals surface area contributed by atoms with Crippen molar-refractivity contribution in [3.05, 3.63) is 11.6 Å². The lowest BCUT2D eigenvalue weighted by Crippen LogP contribution is -1.99. The number of allylic oxidation sites excluding steroid dienone is 2. The van der Waals surface area contributed by atoms with E-state index in [2.05, 4.69) is 4.74 Å². The lowest BCUT2D eigenvalue weighted by molar-refractivity contribution is -0.128. The number of rotatable bonds is 2. The number of ketones is 1. The monoisotopic (exact) mass is 184 g/mol. The smallest absolute Gasteiger partial charge is 0.293 e. The highest BCUT2D eigenvalue weighted by Gasteiger charge is 2.04. The van der Waals surface area contributed by atoms with Crippen LogP contribution >= 0.6 is 0 Å². The van der Waals surface area contributed by atoms with Gasteiger partial charge in [-0.05, 0) is 32.8 Å². The molecule has 3 nitrogen and oxygen atoms in total. The van der Waals surface area contributed by atoms with Crippen molar-refractivity contribution >= 4 is 12.3 Å². The number of hydrogen-bond donors (Lipinski definition) is 0. The summed E-state index contributed by atoms with van der Waals surface area (Å²) in [6, 6.07) is 0. The Kier molecular flexibility index (Phi) is 6.88. The standard InChI is InChI=1S/C7H10O.C3H6O2/c1-6-3-2-4-7(8)5-6;1-2-5-3-4/h5H,2-4H2,1H3;3H,2H2,1H3. The van der Waals surface area contributed by atoms with E-state index in [1.54, 1.807) is 13.0 Å². The van der Waals surface area contributed by atoms with Gasteiger partial charge in [-0.3, -0.25) is 9.59 Å². The molecule has 74 valence electrons. The van der Waals surface area contributed by atoms with Gasteiger partial charge in [0.2, 0.25) is 0 Å². The van der Waals surface area contributed by atoms with E-state index in [0.717, 1.165) is 19.3 Å². The number of carbonyl (C=O) groups is 2. The van der Waals surface area contributed by atoms with Gasteiger partial charge in [0.15, 0.2) is 5.78 Å². The summed E-state index contributed by atoms with van der Waals surface area (Å²) < 4.78 is 4.15. The third kappa shape index (κ3) is 7.25. The maximum atomic E-state index is 10.6. The Balaban J connectivity index is 0.000000252. The second-order valence-electron chi connectivity index (χ2n) is 2.86. The molecule has 0 aliphatic heterocycles. The first-order valence-electron chi connectivity index (χ1n) is 4.46. The van der Waals surface area contributed by atoms with Crippen LogP contribution in [0.4, 0.5) is 0 Å². The zero-order valence-electron chi connectivity index (χ0n) is 8.21. The van der Waals surface area contributed by atoms with Crippen LogP contribution in [0.5, 0.6) is 0 Å². The molecule has 1 aliphatic rings. The fourth-order valence-corrected chi connectivity index (χ4v) is 1.03. The van der Waals surface area contributed by atoms with Crippen molar-refractivity contribution < 1.29 is 14.3 Å². The van der Waals surface area contributed by atoms with Gasteiger partial charge in [0.05, 0.1) is 6.61 Å². The lowest BCUT2D eigenvalue weighted by atomic mass is 10.0. The average Bonchev–Trinajstić information content (AvgIpc) is 2.06. The Labute approximate surface area is 78.8 Å². The summed E-state index contributed by atoms with van der Waals surface area (Å²) in [5, 5.41) is 0. The Bertz CT molecular complexity index is 194. The Morgan fingerprint density at radius 1 is 1.54 bits per heavy atom. The van der Waals surface area contributed by atoms with Crippen LogP contribution in [0.3, 0.4) is 0 Å². The van der Waals surface area contributed by atoms with Crippen molar-refractivity contribution in [3.63, 3.8) is 0 Å². The molecule has 0 aromatic rings. The van der Waals surface area contributed by atoms with Crippen molar-refractivity contribution in [1.29, 1.82) is 0 Å². The Morgan fingerprint density at radius 2 is 2.23 bits per heavy atom. The third-order valence-corrected chi connectivity index (χ3v) is 1.64. The Hall–Kier alpha value is -1.12. The van der Waals surface area contributed by atoms with E-state index in [1.165, 1.54) is 5.57 Å². The first-order chi connectivity index (χ1) is 6.20. The van der Waals surface area contributed by atoms with Crippen LogP contribution in [0.2, 0.25) is 0 Å². The van der Waals surface area contributed by atoms with E-state index < -0.39 is 0 Å². The third-order valence-electron chi connectivity index (χ3n) is 1.64. The largest absolute Gasteiger partial charge is 0.468 e. The van der Waals surface area contributed by atoms with Gasteiger partial charge in [0, 0.05) is 6.42 Å². The molecule has 0 radical (unpaired) electrons. The molecule has 13 heavy (non-hydrogen) atoms. The number of hydrogen-bond acceptors (Lipinski definition) is 3. The van der Waals surface area contributed by atoms with Crippen molar-refractivity contribution in [1.82, 2.24) is 0 Å². The molecule has 0 saturated heterocycles. The SMILES string of the molecule is CC1=CC(=O)CCC1.CCOC=O. The molecule has 0 unspecified atom stereocenters. The van der Waals surface area contributed by atoms with E-state index >= 15 is 0 Å². The van der Waals surface area contributed by atoms with Gasteiger partial charge < -0.3 is 4.74 Å². The second-order valence-corrected chi connectivity index (χ2v) is 2.86. The molecule has 1 aliphatic carbocycles. The van der Waals surface area contributed by atoms with Crippen LogP contribution < -0.4 is 0 Å². The van der Waals surface area contributed by atoms with Crippen molar-refractivity contribution in [3.8, 4) is 0 Å². The summed E-state index contributed by atoms with van der Waals surface area (Å²) in [5.74, 6) is 0.300. The number of ether oxygens (including phenoxy) is 1. The topological polar surface area (TPSA) is 43.4 Å². The van der Waals surface area contributed by atoms with E-state index in [0.29, 0.717) is 18.9 Å². The first kappa shape index (κ1) is 11.9. The van der Waals surface area contributed by atoms with Crippen LogP contribution in [-0.2, 0) is 14.3 Å². The van der Waals surface area contributed by atoms with Crippen molar-refractivity contribution in [2.45, 2.75) is 33.1 Å². The quantitative estimate of drug-likeness (QED) is 0.615. The molecular weight excluding hydrogens is 168 g/mol. The predicted octanol–water partition coefficient (Wildman–Crippen LogP) is 1.86. The van der Waals surface area contributed by atoms with Crippen LogP contribution in [-0.4, -0.2) is 18.9 Å². The molecule has 0 fully saturated rings. The fourth-order valence-electron chi connectivity index (χ4n) is 1.03. The van der Waals surface area contributed by atoms with Crippen LogP contribution in [0.15, 0.2) is 11.6 Å². The molecule has 0 bridgehead atoms. The van der Waals surface area contributed by atoms with E-state index in [4.69, 9.17) is 0 Å². The molecular formula is C10H16O3. The molecule has 1 rings (SSSR count). The second kappa shape index (κ2) is 7.53. The van der Waals surface area contributed by atoms with Gasteiger partial charge in [0.1, 0.15) is 0 Å². The van der Waals surface area contributed by atoms with Crippen molar-refractivity contribution in [2.24, 2.45) is 0 Å². The molecule has 0 heterocycles. The zero-order valence-corrected chi connectivity index (χ0v) is 8.21. The fraction of sp³-hybridized carbons (Fsp3) is 0.600. The summed E-state index contributed by atoms with van der Waals surface area (Å²) in [6.07, 6.45) is 4.69. The summed E-state index contributed by atoms with van der Waals surface area (Å²) in [6.45, 7) is 4.68. The lowest BCUT2D eigenvalue weighted by Gasteiger charge is -2.04. The summed E-state index contributed by atoms with van der Waals surface area (Å²) in [4.78, 5) is 19.8. The van der Waals surface area contributed by atoms with E-state index in [9.17, 15) is 9.59 Å². The molecule has 0 saturated carbocycles. The zero-order chi connectivity index (χ0) is 10.1. The molecule has 0 aromatic heterocycles. The van der Waals surface area contributed by atoms with Crippen LogP contribution in [0.1, 0.15) is 33.1 Å². The average molecular weight is 184 g/mol. The van der Waals surface area contributed by atoms with Gasteiger partial charge in [-0.15, -0.1) is 0 Å². The minimum Gasteiger partial charge on any atom is -0.468 e. The highest BCUT2D eigenvalue weighted by molar-refractivity contribution is 5.90. The van der Waals surface area contributed by atoms with Crippen LogP contribution in [0, 0.1) is 0 Å². The highest BCUT2D eigenvalue weighted by atomic mass is 16.5. The van der Waals surface area contributed by atoms with Crippen LogP contribution in [0.25, 0.3) is 0 Å². The van der Waals surface area contributed by atoms with E-state index in [1.807, 2.05) is 6.92 Å². The maximum Gasteiger partial charge on any atom is 0.293 e. The normalized spacial score (nSPS) is 15.2. The van der Waals surface area contributed by atoms with Gasteiger partial charge in [-0.2, -0.15) is 0 Å². The minimum atomic E-state index is 0.300. The highest BCUT2D eigenvalue weighted by Crippen LogP contribution is 2.12. The van der Waals surface area contributed by atoms with Gasteiger partial charge >= 0.3 is 0 Å². The molecule has 0 atom stereocenters. The van der Waals surface area contributed by atoms with Gasteiger partial charge in [0.25, 0.3) is 6.47 Å².